The van der Waals surface area contributed by atoms with Crippen LogP contribution in [0.5, 0.6) is 0 Å². The number of rotatable bonds is 4. The van der Waals surface area contributed by atoms with Gasteiger partial charge in [0.05, 0.1) is 20.1 Å². The van der Waals surface area contributed by atoms with Gasteiger partial charge in [0.25, 0.3) is 0 Å². The van der Waals surface area contributed by atoms with Gasteiger partial charge in [-0.2, -0.15) is 0 Å². The van der Waals surface area contributed by atoms with Crippen LogP contribution in [0.3, 0.4) is 0 Å². The molecule has 0 amide bonds. The van der Waals surface area contributed by atoms with Gasteiger partial charge in [-0.3, -0.25) is 0 Å². The van der Waals surface area contributed by atoms with Crippen molar-refractivity contribution in [3.8, 4) is 0 Å². The molecule has 1 aromatic rings. The van der Waals surface area contributed by atoms with E-state index in [1.807, 2.05) is 0 Å². The highest BCUT2D eigenvalue weighted by atomic mass is 35.7. The Bertz CT molecular complexity index is 329. The Hall–Kier alpha value is 1.66. The van der Waals surface area contributed by atoms with E-state index < -0.39 is 0 Å². The van der Waals surface area contributed by atoms with Crippen LogP contribution in [0, 0.1) is 0 Å². The molecule has 0 N–H and O–H groups in total. The molecule has 0 unspecified atom stereocenters. The smallest absolute Gasteiger partial charge is 0.0652 e. The standard InChI is InChI=1S/C8H4Cl6S2/c9-5-3(1-15-13)6(10)8(12)4(2-16-14)7(5)11/h1-2H2. The first-order chi connectivity index (χ1) is 7.54. The monoisotopic (exact) mass is 374 g/mol. The number of benzene rings is 1. The summed E-state index contributed by atoms with van der Waals surface area (Å²) in [5.41, 5.74) is 1.28. The first-order valence-electron chi connectivity index (χ1n) is 3.85. The number of halogens is 6. The van der Waals surface area contributed by atoms with Crippen LogP contribution < -0.4 is 0 Å². The second-order valence-electron chi connectivity index (χ2n) is 2.72. The van der Waals surface area contributed by atoms with Gasteiger partial charge in [0.1, 0.15) is 0 Å². The van der Waals surface area contributed by atoms with E-state index in [1.54, 1.807) is 0 Å². The summed E-state index contributed by atoms with van der Waals surface area (Å²) in [6.07, 6.45) is 0. The maximum absolute atomic E-state index is 6.09. The second kappa shape index (κ2) is 7.30. The lowest BCUT2D eigenvalue weighted by molar-refractivity contribution is 1.35. The summed E-state index contributed by atoms with van der Waals surface area (Å²) in [6.45, 7) is 0. The summed E-state index contributed by atoms with van der Waals surface area (Å²) in [4.78, 5) is 0. The molecule has 0 nitrogen and oxygen atoms in total. The van der Waals surface area contributed by atoms with Gasteiger partial charge in [0.15, 0.2) is 0 Å². The molecule has 0 atom stereocenters. The maximum Gasteiger partial charge on any atom is 0.0652 e. The molecule has 16 heavy (non-hydrogen) atoms. The lowest BCUT2D eigenvalue weighted by atomic mass is 10.1. The SMILES string of the molecule is ClSCc1c(Cl)c(Cl)c(CSCl)c(Cl)c1Cl. The van der Waals surface area contributed by atoms with Crippen molar-refractivity contribution in [1.82, 2.24) is 0 Å². The minimum Gasteiger partial charge on any atom is -0.0823 e. The number of hydrogen-bond donors (Lipinski definition) is 0. The molecule has 0 fully saturated rings. The zero-order chi connectivity index (χ0) is 12.3. The normalized spacial score (nSPS) is 10.9. The van der Waals surface area contributed by atoms with Crippen LogP contribution in [-0.2, 0) is 11.5 Å². The van der Waals surface area contributed by atoms with Crippen molar-refractivity contribution >= 4 is 89.7 Å². The van der Waals surface area contributed by atoms with E-state index in [-0.39, 0.29) is 0 Å². The van der Waals surface area contributed by atoms with Gasteiger partial charge in [-0.25, -0.2) is 0 Å². The fourth-order valence-electron chi connectivity index (χ4n) is 1.09. The average Bonchev–Trinajstić information content (AvgIpc) is 2.28. The zero-order valence-corrected chi connectivity index (χ0v) is 13.7. The van der Waals surface area contributed by atoms with Crippen LogP contribution in [0.2, 0.25) is 20.1 Å². The third-order valence-electron chi connectivity index (χ3n) is 1.84. The Kier molecular flexibility index (Phi) is 7.17. The molecule has 0 radical (unpaired) electrons. The Morgan fingerprint density at radius 3 is 1.06 bits per heavy atom. The van der Waals surface area contributed by atoms with Crippen molar-refractivity contribution in [1.29, 1.82) is 0 Å². The van der Waals surface area contributed by atoms with Gasteiger partial charge in [0.2, 0.25) is 0 Å². The van der Waals surface area contributed by atoms with E-state index >= 15 is 0 Å². The molecule has 0 aliphatic rings. The predicted octanol–water partition coefficient (Wildman–Crippen LogP) is 7.07. The fourth-order valence-corrected chi connectivity index (χ4v) is 4.05. The molecule has 0 heterocycles. The summed E-state index contributed by atoms with van der Waals surface area (Å²) in [6, 6.07) is 0. The highest BCUT2D eigenvalue weighted by Crippen LogP contribution is 2.44. The number of hydrogen-bond acceptors (Lipinski definition) is 2. The van der Waals surface area contributed by atoms with Crippen LogP contribution in [0.4, 0.5) is 0 Å². The van der Waals surface area contributed by atoms with Gasteiger partial charge in [-0.1, -0.05) is 68.4 Å². The predicted molar refractivity (Wildman–Crippen MR) is 80.8 cm³/mol. The van der Waals surface area contributed by atoms with E-state index in [1.165, 1.54) is 0 Å². The summed E-state index contributed by atoms with van der Waals surface area (Å²) < 4.78 is 0. The lowest BCUT2D eigenvalue weighted by Gasteiger charge is -2.13. The van der Waals surface area contributed by atoms with Gasteiger partial charge < -0.3 is 0 Å². The zero-order valence-electron chi connectivity index (χ0n) is 7.50. The van der Waals surface area contributed by atoms with E-state index in [0.29, 0.717) is 42.7 Å². The lowest BCUT2D eigenvalue weighted by Crippen LogP contribution is -1.93. The van der Waals surface area contributed by atoms with E-state index in [0.717, 1.165) is 22.0 Å². The molecule has 0 saturated heterocycles. The van der Waals surface area contributed by atoms with Crippen LogP contribution in [0.1, 0.15) is 11.1 Å². The largest absolute Gasteiger partial charge is 0.0823 e. The molecule has 90 valence electrons. The van der Waals surface area contributed by atoms with E-state index in [4.69, 9.17) is 67.8 Å². The Morgan fingerprint density at radius 2 is 0.875 bits per heavy atom. The van der Waals surface area contributed by atoms with Crippen molar-refractivity contribution < 1.29 is 0 Å². The molecule has 0 aliphatic heterocycles. The topological polar surface area (TPSA) is 0 Å². The fraction of sp³-hybridized carbons (Fsp3) is 0.250. The third-order valence-corrected chi connectivity index (χ3v) is 5.16. The molecule has 0 aromatic heterocycles. The van der Waals surface area contributed by atoms with Crippen LogP contribution >= 0.6 is 89.7 Å². The maximum atomic E-state index is 6.09. The molecule has 8 heteroatoms. The van der Waals surface area contributed by atoms with Crippen molar-refractivity contribution in [3.63, 3.8) is 0 Å². The summed E-state index contributed by atoms with van der Waals surface area (Å²) >= 11 is 24.4. The summed E-state index contributed by atoms with van der Waals surface area (Å²) in [5.74, 6) is 0.875. The molecular weight excluding hydrogens is 373 g/mol. The third kappa shape index (κ3) is 3.36. The van der Waals surface area contributed by atoms with Gasteiger partial charge >= 0.3 is 0 Å². The van der Waals surface area contributed by atoms with Crippen molar-refractivity contribution in [2.24, 2.45) is 0 Å². The van der Waals surface area contributed by atoms with Crippen molar-refractivity contribution in [3.05, 3.63) is 31.2 Å². The van der Waals surface area contributed by atoms with Crippen molar-refractivity contribution in [2.45, 2.75) is 11.5 Å². The highest BCUT2D eigenvalue weighted by Gasteiger charge is 2.19. The molecular formula is C8H4Cl6S2. The van der Waals surface area contributed by atoms with Crippen LogP contribution in [0.25, 0.3) is 0 Å². The molecule has 0 bridgehead atoms. The van der Waals surface area contributed by atoms with Crippen molar-refractivity contribution in [2.75, 3.05) is 0 Å². The first-order valence-corrected chi connectivity index (χ1v) is 8.98. The molecule has 1 aromatic carbocycles. The second-order valence-corrected chi connectivity index (χ2v) is 6.55. The highest BCUT2D eigenvalue weighted by molar-refractivity contribution is 8.20. The molecule has 0 spiro atoms. The average molecular weight is 377 g/mol. The minimum absolute atomic E-state index is 0.380. The molecule has 0 saturated carbocycles. The van der Waals surface area contributed by atoms with E-state index in [9.17, 15) is 0 Å². The summed E-state index contributed by atoms with van der Waals surface area (Å²) in [5, 5.41) is 1.52. The van der Waals surface area contributed by atoms with Gasteiger partial charge in [-0.05, 0) is 21.4 Å². The van der Waals surface area contributed by atoms with Gasteiger partial charge in [0, 0.05) is 22.6 Å². The van der Waals surface area contributed by atoms with E-state index in [2.05, 4.69) is 0 Å². The Labute approximate surface area is 131 Å². The quantitative estimate of drug-likeness (QED) is 0.515. The van der Waals surface area contributed by atoms with Crippen LogP contribution in [0.15, 0.2) is 0 Å². The molecule has 0 aliphatic carbocycles. The Morgan fingerprint density at radius 1 is 0.625 bits per heavy atom. The minimum atomic E-state index is 0.380. The molecule has 1 rings (SSSR count). The van der Waals surface area contributed by atoms with Crippen LogP contribution in [-0.4, -0.2) is 0 Å². The summed E-state index contributed by atoms with van der Waals surface area (Å²) in [7, 11) is 13.3. The first kappa shape index (κ1) is 15.7. The Balaban J connectivity index is 3.37. The van der Waals surface area contributed by atoms with Gasteiger partial charge in [-0.15, -0.1) is 0 Å².